The van der Waals surface area contributed by atoms with Crippen LogP contribution in [0, 0.1) is 19.3 Å². The van der Waals surface area contributed by atoms with E-state index in [1.54, 1.807) is 6.07 Å². The van der Waals surface area contributed by atoms with Crippen LogP contribution in [0.5, 0.6) is 5.88 Å². The van der Waals surface area contributed by atoms with Crippen molar-refractivity contribution in [3.05, 3.63) is 101 Å². The Bertz CT molecular complexity index is 1780. The molecule has 5 rings (SSSR count). The Morgan fingerprint density at radius 1 is 0.957 bits per heavy atom. The molecule has 0 unspecified atom stereocenters. The summed E-state index contributed by atoms with van der Waals surface area (Å²) < 4.78 is 35.5. The van der Waals surface area contributed by atoms with E-state index in [4.69, 9.17) is 4.74 Å². The molecule has 0 saturated heterocycles. The van der Waals surface area contributed by atoms with Gasteiger partial charge in [0.25, 0.3) is 10.0 Å². The van der Waals surface area contributed by atoms with Crippen LogP contribution in [0.2, 0.25) is 0 Å². The molecule has 11 heteroatoms. The van der Waals surface area contributed by atoms with Gasteiger partial charge in [0.1, 0.15) is 6.61 Å². The Morgan fingerprint density at radius 2 is 1.59 bits per heavy atom. The van der Waals surface area contributed by atoms with Crippen LogP contribution >= 0.6 is 12.4 Å². The quantitative estimate of drug-likeness (QED) is 0.163. The Kier molecular flexibility index (Phi) is 10.8. The molecule has 1 aliphatic carbocycles. The summed E-state index contributed by atoms with van der Waals surface area (Å²) in [5, 5.41) is 13.2. The summed E-state index contributed by atoms with van der Waals surface area (Å²) in [6, 6.07) is 21.6. The van der Waals surface area contributed by atoms with Crippen LogP contribution in [0.1, 0.15) is 59.8 Å². The lowest BCUT2D eigenvalue weighted by Crippen LogP contribution is -2.44. The van der Waals surface area contributed by atoms with Crippen molar-refractivity contribution in [1.29, 1.82) is 0 Å². The molecule has 4 aromatic rings. The molecule has 0 spiro atoms. The van der Waals surface area contributed by atoms with Crippen LogP contribution in [-0.2, 0) is 22.9 Å². The predicted octanol–water partition coefficient (Wildman–Crippen LogP) is 6.62. The highest BCUT2D eigenvalue weighted by Crippen LogP contribution is 2.30. The van der Waals surface area contributed by atoms with Gasteiger partial charge in [0, 0.05) is 23.7 Å². The number of rotatable bonds is 11. The fourth-order valence-corrected chi connectivity index (χ4v) is 6.96. The molecular formula is C35H41ClN4O5S. The van der Waals surface area contributed by atoms with E-state index < -0.39 is 16.0 Å². The van der Waals surface area contributed by atoms with Gasteiger partial charge in [-0.1, -0.05) is 69.3 Å². The van der Waals surface area contributed by atoms with Gasteiger partial charge in [0.15, 0.2) is 0 Å². The minimum Gasteiger partial charge on any atom is -0.478 e. The van der Waals surface area contributed by atoms with Crippen molar-refractivity contribution in [3.8, 4) is 17.1 Å². The number of carboxylic acids is 1. The molecule has 0 bridgehead atoms. The van der Waals surface area contributed by atoms with Crippen molar-refractivity contribution < 1.29 is 23.1 Å². The monoisotopic (exact) mass is 664 g/mol. The number of aryl methyl sites for hydroxylation is 2. The van der Waals surface area contributed by atoms with Gasteiger partial charge in [-0.3, -0.25) is 0 Å². The largest absolute Gasteiger partial charge is 0.478 e. The van der Waals surface area contributed by atoms with Crippen molar-refractivity contribution in [2.45, 2.75) is 70.9 Å². The molecule has 0 radical (unpaired) electrons. The summed E-state index contributed by atoms with van der Waals surface area (Å²) in [5.74, 6) is -1.16. The lowest BCUT2D eigenvalue weighted by molar-refractivity contribution is 0.0696. The number of halogens is 1. The predicted molar refractivity (Wildman–Crippen MR) is 183 cm³/mol. The average molecular weight is 665 g/mol. The Balaban J connectivity index is 0.00000480. The van der Waals surface area contributed by atoms with E-state index >= 15 is 0 Å². The molecule has 9 nitrogen and oxygen atoms in total. The molecule has 1 heterocycles. The summed E-state index contributed by atoms with van der Waals surface area (Å²) in [6.45, 7) is 10.8. The molecule has 0 fully saturated rings. The summed E-state index contributed by atoms with van der Waals surface area (Å²) in [6.07, 6.45) is 2.76. The van der Waals surface area contributed by atoms with Crippen LogP contribution in [0.25, 0.3) is 11.3 Å². The van der Waals surface area contributed by atoms with E-state index in [-0.39, 0.29) is 52.2 Å². The molecule has 1 atom stereocenters. The van der Waals surface area contributed by atoms with Gasteiger partial charge in [-0.05, 0) is 79.0 Å². The SMILES string of the molecule is Cc1cccc(C)c1-c1cc(OC[C@@H](CC(C)(C)C)NC2Cc3ccccc3C2)nc(NS(=O)(=O)c2cccc(C(=O)O)c2)n1.Cl. The highest BCUT2D eigenvalue weighted by molar-refractivity contribution is 7.92. The normalized spacial score (nSPS) is 13.8. The van der Waals surface area contributed by atoms with Gasteiger partial charge in [-0.25, -0.2) is 22.9 Å². The smallest absolute Gasteiger partial charge is 0.335 e. The van der Waals surface area contributed by atoms with Crippen LogP contribution in [0.4, 0.5) is 5.95 Å². The van der Waals surface area contributed by atoms with E-state index in [9.17, 15) is 18.3 Å². The number of nitrogens with one attached hydrogen (secondary N) is 2. The molecule has 0 amide bonds. The summed E-state index contributed by atoms with van der Waals surface area (Å²) in [4.78, 5) is 20.3. The fraction of sp³-hybridized carbons (Fsp3) is 0.343. The maximum absolute atomic E-state index is 13.3. The number of benzene rings is 3. The van der Waals surface area contributed by atoms with Crippen molar-refractivity contribution >= 4 is 34.3 Å². The van der Waals surface area contributed by atoms with Crippen LogP contribution in [-0.4, -0.2) is 48.2 Å². The lowest BCUT2D eigenvalue weighted by atomic mass is 9.88. The zero-order chi connectivity index (χ0) is 32.4. The zero-order valence-electron chi connectivity index (χ0n) is 26.7. The average Bonchev–Trinajstić information content (AvgIpc) is 3.37. The number of aromatic nitrogens is 2. The second-order valence-electron chi connectivity index (χ2n) is 12.9. The highest BCUT2D eigenvalue weighted by atomic mass is 35.5. The number of hydrogen-bond acceptors (Lipinski definition) is 7. The lowest BCUT2D eigenvalue weighted by Gasteiger charge is -2.29. The molecule has 0 aliphatic heterocycles. The number of nitrogens with zero attached hydrogens (tertiary/aromatic N) is 2. The Morgan fingerprint density at radius 3 is 2.20 bits per heavy atom. The number of carboxylic acid groups (broad SMARTS) is 1. The molecule has 0 saturated carbocycles. The van der Waals surface area contributed by atoms with Gasteiger partial charge in [-0.15, -0.1) is 12.4 Å². The molecule has 1 aliphatic rings. The Labute approximate surface area is 277 Å². The summed E-state index contributed by atoms with van der Waals surface area (Å²) >= 11 is 0. The third-order valence-corrected chi connectivity index (χ3v) is 9.20. The van der Waals surface area contributed by atoms with Crippen molar-refractivity contribution in [3.63, 3.8) is 0 Å². The third-order valence-electron chi connectivity index (χ3n) is 7.87. The second-order valence-corrected chi connectivity index (χ2v) is 14.6. The maximum atomic E-state index is 13.3. The number of carbonyl (C=O) groups is 1. The van der Waals surface area contributed by atoms with E-state index in [0.29, 0.717) is 12.3 Å². The van der Waals surface area contributed by atoms with Gasteiger partial charge in [0.2, 0.25) is 11.8 Å². The summed E-state index contributed by atoms with van der Waals surface area (Å²) in [7, 11) is -4.21. The van der Waals surface area contributed by atoms with Gasteiger partial charge >= 0.3 is 5.97 Å². The van der Waals surface area contributed by atoms with E-state index in [1.807, 2.05) is 32.0 Å². The zero-order valence-corrected chi connectivity index (χ0v) is 28.3. The fourth-order valence-electron chi connectivity index (χ4n) is 5.97. The van der Waals surface area contributed by atoms with E-state index in [1.165, 1.54) is 29.3 Å². The molecule has 1 aromatic heterocycles. The van der Waals surface area contributed by atoms with Crippen molar-refractivity contribution in [2.75, 3.05) is 11.3 Å². The molecule has 3 N–H and O–H groups in total. The van der Waals surface area contributed by atoms with Crippen molar-refractivity contribution in [2.24, 2.45) is 5.41 Å². The van der Waals surface area contributed by atoms with Crippen LogP contribution in [0.3, 0.4) is 0 Å². The number of anilines is 1. The summed E-state index contributed by atoms with van der Waals surface area (Å²) in [5.41, 5.74) is 5.93. The van der Waals surface area contributed by atoms with Gasteiger partial charge in [0.05, 0.1) is 16.2 Å². The molecule has 46 heavy (non-hydrogen) atoms. The molecule has 3 aromatic carbocycles. The number of hydrogen-bond donors (Lipinski definition) is 3. The number of sulfonamides is 1. The Hall–Kier alpha value is -3.99. The standard InChI is InChI=1S/C35H40N4O5S.ClH/c1-22-10-8-11-23(2)32(22)30-19-31(38-34(37-30)39-45(42,43)29-15-9-14-26(18-29)33(40)41)44-21-28(20-35(3,4)5)36-27-16-24-12-6-7-13-25(24)17-27;/h6-15,18-19,27-28,36H,16-17,20-21H2,1-5H3,(H,40,41)(H,37,38,39);1H/t28-;/m1./s1. The van der Waals surface area contributed by atoms with E-state index in [0.717, 1.165) is 42.0 Å². The highest BCUT2D eigenvalue weighted by Gasteiger charge is 2.27. The molecule has 244 valence electrons. The second kappa shape index (κ2) is 14.2. The number of ether oxygens (including phenoxy) is 1. The van der Waals surface area contributed by atoms with Crippen molar-refractivity contribution in [1.82, 2.24) is 15.3 Å². The van der Waals surface area contributed by atoms with E-state index in [2.05, 4.69) is 65.0 Å². The van der Waals surface area contributed by atoms with Crippen LogP contribution in [0.15, 0.2) is 77.7 Å². The van der Waals surface area contributed by atoms with Gasteiger partial charge in [-0.2, -0.15) is 4.98 Å². The van der Waals surface area contributed by atoms with Gasteiger partial charge < -0.3 is 15.2 Å². The first-order chi connectivity index (χ1) is 21.3. The maximum Gasteiger partial charge on any atom is 0.335 e. The number of fused-ring (bicyclic) bond motifs is 1. The molecular weight excluding hydrogens is 624 g/mol. The third kappa shape index (κ3) is 8.63. The topological polar surface area (TPSA) is 131 Å². The minimum absolute atomic E-state index is 0. The minimum atomic E-state index is -4.21. The first-order valence-electron chi connectivity index (χ1n) is 15.0. The number of aromatic carboxylic acids is 1. The van der Waals surface area contributed by atoms with Crippen LogP contribution < -0.4 is 14.8 Å². The first-order valence-corrected chi connectivity index (χ1v) is 16.5. The first kappa shape index (κ1) is 34.9.